The maximum absolute atomic E-state index is 4.90. The van der Waals surface area contributed by atoms with Crippen molar-refractivity contribution in [2.45, 2.75) is 13.3 Å². The number of hydrogen-bond acceptors (Lipinski definition) is 1. The minimum atomic E-state index is 0. The molecule has 0 aliphatic rings. The van der Waals surface area contributed by atoms with E-state index in [1.54, 1.807) is 6.54 Å². The van der Waals surface area contributed by atoms with E-state index >= 15 is 0 Å². The molecule has 0 aliphatic heterocycles. The van der Waals surface area contributed by atoms with E-state index < -0.39 is 0 Å². The van der Waals surface area contributed by atoms with Crippen molar-refractivity contribution in [3.63, 3.8) is 0 Å². The summed E-state index contributed by atoms with van der Waals surface area (Å²) in [5.74, 6) is 0. The van der Waals surface area contributed by atoms with Crippen molar-refractivity contribution in [1.82, 2.24) is 0 Å². The molecule has 0 amide bonds. The maximum atomic E-state index is 4.90. The van der Waals surface area contributed by atoms with E-state index in [-0.39, 0.29) is 17.1 Å². The summed E-state index contributed by atoms with van der Waals surface area (Å²) in [6.07, 6.45) is 0.972. The Kier molecular flexibility index (Phi) is 16.0. The molecule has 0 aromatic carbocycles. The first-order chi connectivity index (χ1) is 1.91. The second-order valence-electron chi connectivity index (χ2n) is 0.644. The molecule has 0 saturated heterocycles. The van der Waals surface area contributed by atoms with E-state index in [4.69, 9.17) is 5.73 Å². The molecule has 0 radical (unpaired) electrons. The Morgan fingerprint density at radius 2 is 2.00 bits per heavy atom. The maximum Gasteiger partial charge on any atom is 0 e. The van der Waals surface area contributed by atoms with Gasteiger partial charge in [0.25, 0.3) is 0 Å². The van der Waals surface area contributed by atoms with Crippen LogP contribution in [0.5, 0.6) is 0 Å². The van der Waals surface area contributed by atoms with Crippen LogP contribution in [0.4, 0.5) is 0 Å². The molecule has 0 saturated carbocycles. The van der Waals surface area contributed by atoms with Crippen LogP contribution in [0.15, 0.2) is 0 Å². The van der Waals surface area contributed by atoms with Crippen LogP contribution in [-0.4, -0.2) is 0 Å². The standard InChI is InChI=1S/C3H8N.Fe/c1-2-3-4;/h3H,2,4H2,1H3;/q-1;. The van der Waals surface area contributed by atoms with Gasteiger partial charge in [0.15, 0.2) is 0 Å². The third kappa shape index (κ3) is 12.6. The van der Waals surface area contributed by atoms with Crippen LogP contribution in [0, 0.1) is 6.54 Å². The average Bonchev–Trinajstić information content (AvgIpc) is 1.37. The Morgan fingerprint density at radius 1 is 1.80 bits per heavy atom. The van der Waals surface area contributed by atoms with Crippen LogP contribution < -0.4 is 5.73 Å². The molecule has 0 rings (SSSR count). The smallest absolute Gasteiger partial charge is 0 e. The monoisotopic (exact) mass is 114 g/mol. The quantitative estimate of drug-likeness (QED) is 0.390. The molecule has 0 unspecified atom stereocenters. The Morgan fingerprint density at radius 3 is 2.00 bits per heavy atom. The van der Waals surface area contributed by atoms with Crippen molar-refractivity contribution in [3.05, 3.63) is 6.54 Å². The molecule has 0 aromatic heterocycles. The van der Waals surface area contributed by atoms with Gasteiger partial charge in [-0.15, -0.1) is 0 Å². The molecule has 0 atom stereocenters. The molecule has 2 heteroatoms. The summed E-state index contributed by atoms with van der Waals surface area (Å²) in [5.41, 5.74) is 4.90. The molecule has 0 aromatic rings. The van der Waals surface area contributed by atoms with E-state index in [0.717, 1.165) is 6.42 Å². The minimum absolute atomic E-state index is 0. The second-order valence-corrected chi connectivity index (χ2v) is 0.644. The van der Waals surface area contributed by atoms with Crippen LogP contribution in [-0.2, 0) is 17.1 Å². The summed E-state index contributed by atoms with van der Waals surface area (Å²) in [7, 11) is 0. The SMILES string of the molecule is CC[CH-]N.[Fe]. The molecule has 5 heavy (non-hydrogen) atoms. The van der Waals surface area contributed by atoms with Crippen LogP contribution in [0.2, 0.25) is 0 Å². The van der Waals surface area contributed by atoms with Gasteiger partial charge < -0.3 is 5.73 Å². The Labute approximate surface area is 43.4 Å². The van der Waals surface area contributed by atoms with Crippen LogP contribution in [0.1, 0.15) is 13.3 Å². The van der Waals surface area contributed by atoms with E-state index in [1.165, 1.54) is 0 Å². The van der Waals surface area contributed by atoms with E-state index in [0.29, 0.717) is 0 Å². The molecular weight excluding hydrogens is 106 g/mol. The average molecular weight is 114 g/mol. The van der Waals surface area contributed by atoms with Crippen LogP contribution in [0.3, 0.4) is 0 Å². The topological polar surface area (TPSA) is 26.0 Å². The van der Waals surface area contributed by atoms with Gasteiger partial charge in [0.1, 0.15) is 0 Å². The zero-order valence-electron chi connectivity index (χ0n) is 3.22. The first-order valence-electron chi connectivity index (χ1n) is 1.45. The minimum Gasteiger partial charge on any atom is -0.483 e. The number of hydrogen-bond donors (Lipinski definition) is 1. The van der Waals surface area contributed by atoms with Gasteiger partial charge in [-0.1, -0.05) is 6.92 Å². The van der Waals surface area contributed by atoms with Gasteiger partial charge in [0, 0.05) is 17.1 Å². The molecule has 2 N–H and O–H groups in total. The Bertz CT molecular complexity index is 8.85. The van der Waals surface area contributed by atoms with Crippen molar-refractivity contribution in [2.24, 2.45) is 5.73 Å². The fourth-order valence-corrected chi connectivity index (χ4v) is 0. The zero-order valence-corrected chi connectivity index (χ0v) is 4.32. The summed E-state index contributed by atoms with van der Waals surface area (Å²) < 4.78 is 0. The summed E-state index contributed by atoms with van der Waals surface area (Å²) in [4.78, 5) is 0. The van der Waals surface area contributed by atoms with Gasteiger partial charge >= 0.3 is 0 Å². The fourth-order valence-electron chi connectivity index (χ4n) is 0. The first kappa shape index (κ1) is 9.08. The van der Waals surface area contributed by atoms with Gasteiger partial charge in [0.2, 0.25) is 0 Å². The van der Waals surface area contributed by atoms with E-state index in [1.807, 2.05) is 6.92 Å². The third-order valence-electron chi connectivity index (χ3n) is 0.236. The molecular formula is C3H8FeN-. The predicted octanol–water partition coefficient (Wildman–Crippen LogP) is 0.514. The summed E-state index contributed by atoms with van der Waals surface area (Å²) in [6.45, 7) is 3.62. The molecule has 0 spiro atoms. The van der Waals surface area contributed by atoms with Gasteiger partial charge in [-0.2, -0.15) is 6.42 Å². The summed E-state index contributed by atoms with van der Waals surface area (Å²) in [6, 6.07) is 0. The Balaban J connectivity index is 0. The van der Waals surface area contributed by atoms with Gasteiger partial charge in [-0.3, -0.25) is 6.54 Å². The predicted molar refractivity (Wildman–Crippen MR) is 18.8 cm³/mol. The van der Waals surface area contributed by atoms with Crippen molar-refractivity contribution < 1.29 is 17.1 Å². The molecule has 1 nitrogen and oxygen atoms in total. The largest absolute Gasteiger partial charge is 0.483 e. The van der Waals surface area contributed by atoms with Gasteiger partial charge in [-0.25, -0.2) is 0 Å². The first-order valence-corrected chi connectivity index (χ1v) is 1.45. The summed E-state index contributed by atoms with van der Waals surface area (Å²) >= 11 is 0. The van der Waals surface area contributed by atoms with Crippen LogP contribution in [0.25, 0.3) is 0 Å². The fraction of sp³-hybridized carbons (Fsp3) is 0.667. The van der Waals surface area contributed by atoms with Crippen molar-refractivity contribution in [1.29, 1.82) is 0 Å². The molecule has 0 fully saturated rings. The van der Waals surface area contributed by atoms with Crippen LogP contribution >= 0.6 is 0 Å². The van der Waals surface area contributed by atoms with E-state index in [2.05, 4.69) is 0 Å². The van der Waals surface area contributed by atoms with E-state index in [9.17, 15) is 0 Å². The zero-order chi connectivity index (χ0) is 3.41. The molecule has 0 bridgehead atoms. The molecule has 34 valence electrons. The number of nitrogens with two attached hydrogens (primary N) is 1. The van der Waals surface area contributed by atoms with Crippen molar-refractivity contribution in [3.8, 4) is 0 Å². The third-order valence-corrected chi connectivity index (χ3v) is 0.236. The Hall–Kier alpha value is 0.479. The molecule has 0 aliphatic carbocycles. The normalized spacial score (nSPS) is 6.00. The van der Waals surface area contributed by atoms with Gasteiger partial charge in [0.05, 0.1) is 0 Å². The summed E-state index contributed by atoms with van der Waals surface area (Å²) in [5, 5.41) is 0. The van der Waals surface area contributed by atoms with Gasteiger partial charge in [-0.05, 0) is 0 Å². The van der Waals surface area contributed by atoms with Crippen molar-refractivity contribution in [2.75, 3.05) is 0 Å². The van der Waals surface area contributed by atoms with Crippen molar-refractivity contribution >= 4 is 0 Å². The molecule has 0 heterocycles. The number of rotatable bonds is 1. The second kappa shape index (κ2) is 8.82.